The number of allylic oxidation sites excluding steroid dienone is 4. The fraction of sp³-hybridized carbons (Fsp3) is 0.190. The van der Waals surface area contributed by atoms with Gasteiger partial charge >= 0.3 is 141 Å². The van der Waals surface area contributed by atoms with Gasteiger partial charge in [-0.2, -0.15) is 0 Å². The molecule has 0 fully saturated rings. The van der Waals surface area contributed by atoms with E-state index >= 15 is 0 Å². The van der Waals surface area contributed by atoms with Crippen molar-refractivity contribution in [3.8, 4) is 11.1 Å². The first-order valence-corrected chi connectivity index (χ1v) is 14.3. The van der Waals surface area contributed by atoms with Crippen molar-refractivity contribution in [2.45, 2.75) is 21.6 Å². The first kappa shape index (κ1) is 19.6. The van der Waals surface area contributed by atoms with Crippen LogP contribution in [0.1, 0.15) is 29.0 Å². The third-order valence-corrected chi connectivity index (χ3v) is 6.79. The summed E-state index contributed by atoms with van der Waals surface area (Å²) in [5.74, 6) is 0.455. The van der Waals surface area contributed by atoms with Crippen molar-refractivity contribution < 1.29 is 46.1 Å². The summed E-state index contributed by atoms with van der Waals surface area (Å²) in [6, 6.07) is 15.8. The molecule has 3 heteroatoms. The van der Waals surface area contributed by atoms with Crippen LogP contribution in [0.15, 0.2) is 66.3 Å². The normalized spacial score (nSPS) is 16.0. The van der Waals surface area contributed by atoms with Crippen molar-refractivity contribution in [2.24, 2.45) is 0 Å². The van der Waals surface area contributed by atoms with Gasteiger partial charge in [0.15, 0.2) is 0 Å². The maximum Gasteiger partial charge on any atom is -1.00 e. The maximum absolute atomic E-state index is 2.60. The second kappa shape index (κ2) is 8.09. The Bertz CT molecular complexity index is 843. The third-order valence-electron chi connectivity index (χ3n) is 4.61. The summed E-state index contributed by atoms with van der Waals surface area (Å²) in [5, 5.41) is 0. The van der Waals surface area contributed by atoms with E-state index in [9.17, 15) is 0 Å². The summed E-state index contributed by atoms with van der Waals surface area (Å²) in [4.78, 5) is 0. The second-order valence-corrected chi connectivity index (χ2v) is 12.4. The van der Waals surface area contributed by atoms with Crippen LogP contribution < -0.4 is 24.8 Å². The van der Waals surface area contributed by atoms with Crippen molar-refractivity contribution >= 4 is 3.71 Å². The van der Waals surface area contributed by atoms with Gasteiger partial charge in [-0.05, 0) is 0 Å². The van der Waals surface area contributed by atoms with E-state index in [1.165, 1.54) is 22.3 Å². The van der Waals surface area contributed by atoms with E-state index in [-0.39, 0.29) is 24.8 Å². The van der Waals surface area contributed by atoms with Gasteiger partial charge in [0.25, 0.3) is 0 Å². The Balaban J connectivity index is 0.00000104. The Kier molecular flexibility index (Phi) is 6.60. The molecule has 122 valence electrons. The predicted octanol–water partition coefficient (Wildman–Crippen LogP) is -0.442. The molecular weight excluding hydrogens is 414 g/mol. The minimum Gasteiger partial charge on any atom is -1.00 e. The summed E-state index contributed by atoms with van der Waals surface area (Å²) in [5.41, 5.74) is 8.97. The van der Waals surface area contributed by atoms with Crippen LogP contribution in [0.5, 0.6) is 0 Å². The number of hydrogen-bond acceptors (Lipinski definition) is 0. The zero-order valence-corrected chi connectivity index (χ0v) is 17.9. The Morgan fingerprint density at radius 1 is 0.958 bits per heavy atom. The molecule has 2 aromatic rings. The molecule has 0 saturated heterocycles. The van der Waals surface area contributed by atoms with Gasteiger partial charge < -0.3 is 24.8 Å². The molecule has 0 radical (unpaired) electrons. The van der Waals surface area contributed by atoms with E-state index in [1.807, 2.05) is 0 Å². The van der Waals surface area contributed by atoms with Gasteiger partial charge in [-0.25, -0.2) is 0 Å². The number of hydrogen-bond donors (Lipinski definition) is 0. The van der Waals surface area contributed by atoms with E-state index in [1.54, 1.807) is 11.1 Å². The molecule has 2 aliphatic carbocycles. The van der Waals surface area contributed by atoms with Crippen molar-refractivity contribution in [2.75, 3.05) is 0 Å². The standard InChI is InChI=1S/C19H14.2CH3.2ClH.Zr/c1-13-7-6-12-16-15-10-4-5-11-17(15)19(18(13)16)14-8-2-3-9-14;;;;;/h1-8,10-12,19H,9H2;2*1H3;2*1H;/q;;;;;+2/p-2. The Morgan fingerprint density at radius 3 is 2.42 bits per heavy atom. The molecule has 0 nitrogen and oxygen atoms in total. The van der Waals surface area contributed by atoms with Gasteiger partial charge in [0.2, 0.25) is 0 Å². The molecule has 2 aliphatic rings. The smallest absolute Gasteiger partial charge is 1.00 e. The average Bonchev–Trinajstić information content (AvgIpc) is 3.12. The molecule has 0 bridgehead atoms. The average molecular weight is 435 g/mol. The fourth-order valence-corrected chi connectivity index (χ4v) is 5.94. The van der Waals surface area contributed by atoms with Crippen LogP contribution in [0.25, 0.3) is 11.1 Å². The second-order valence-electron chi connectivity index (χ2n) is 6.42. The predicted molar refractivity (Wildman–Crippen MR) is 92.5 cm³/mol. The minimum atomic E-state index is -1.30. The summed E-state index contributed by atoms with van der Waals surface area (Å²) in [6.45, 7) is 0. The molecule has 0 N–H and O–H groups in total. The number of halogens is 2. The maximum atomic E-state index is 2.60. The number of rotatable bonds is 2. The molecular formula is C21H20Cl2Zr. The first-order valence-electron chi connectivity index (χ1n) is 7.98. The molecule has 1 atom stereocenters. The quantitative estimate of drug-likeness (QED) is 0.601. The van der Waals surface area contributed by atoms with Crippen LogP contribution in [0.3, 0.4) is 0 Å². The summed E-state index contributed by atoms with van der Waals surface area (Å²) < 4.78 is 7.51. The molecule has 0 aliphatic heterocycles. The van der Waals surface area contributed by atoms with Crippen LogP contribution in [0, 0.1) is 0 Å². The zero-order chi connectivity index (χ0) is 15.1. The van der Waals surface area contributed by atoms with Crippen LogP contribution in [0.4, 0.5) is 0 Å². The van der Waals surface area contributed by atoms with Gasteiger partial charge in [0.05, 0.1) is 0 Å². The van der Waals surface area contributed by atoms with Crippen LogP contribution in [-0.2, 0) is 21.3 Å². The minimum absolute atomic E-state index is 0. The van der Waals surface area contributed by atoms with E-state index in [4.69, 9.17) is 0 Å². The molecule has 0 saturated carbocycles. The largest absolute Gasteiger partial charge is 1.00 e. The van der Waals surface area contributed by atoms with Gasteiger partial charge in [0, 0.05) is 0 Å². The van der Waals surface area contributed by atoms with Crippen LogP contribution in [-0.4, -0.2) is 3.71 Å². The van der Waals surface area contributed by atoms with Crippen molar-refractivity contribution in [3.63, 3.8) is 0 Å². The van der Waals surface area contributed by atoms with Gasteiger partial charge in [0.1, 0.15) is 0 Å². The molecule has 24 heavy (non-hydrogen) atoms. The first-order chi connectivity index (χ1) is 10.8. The molecule has 0 amide bonds. The summed E-state index contributed by atoms with van der Waals surface area (Å²) >= 11 is -1.30. The number of fused-ring (bicyclic) bond motifs is 3. The monoisotopic (exact) mass is 432 g/mol. The van der Waals surface area contributed by atoms with Crippen molar-refractivity contribution in [3.05, 3.63) is 83.0 Å². The molecule has 1 unspecified atom stereocenters. The molecule has 4 rings (SSSR count). The van der Waals surface area contributed by atoms with E-state index in [2.05, 4.69) is 73.7 Å². The molecule has 0 spiro atoms. The van der Waals surface area contributed by atoms with Crippen LogP contribution >= 0.6 is 0 Å². The topological polar surface area (TPSA) is 0 Å². The van der Waals surface area contributed by atoms with Gasteiger partial charge in [-0.1, -0.05) is 0 Å². The van der Waals surface area contributed by atoms with Crippen LogP contribution in [0.2, 0.25) is 9.26 Å². The Morgan fingerprint density at radius 2 is 1.71 bits per heavy atom. The number of benzene rings is 2. The van der Waals surface area contributed by atoms with Crippen molar-refractivity contribution in [1.29, 1.82) is 0 Å². The van der Waals surface area contributed by atoms with Crippen molar-refractivity contribution in [1.82, 2.24) is 0 Å². The molecule has 2 aromatic carbocycles. The third kappa shape index (κ3) is 3.32. The van der Waals surface area contributed by atoms with Gasteiger partial charge in [-0.3, -0.25) is 0 Å². The summed E-state index contributed by atoms with van der Waals surface area (Å²) in [6.07, 6.45) is 7.91. The molecule has 0 heterocycles. The van der Waals surface area contributed by atoms with E-state index in [0.29, 0.717) is 5.92 Å². The zero-order valence-electron chi connectivity index (χ0n) is 13.9. The Hall–Kier alpha value is -0.747. The van der Waals surface area contributed by atoms with E-state index < -0.39 is 21.3 Å². The fourth-order valence-electron chi connectivity index (χ4n) is 3.79. The van der Waals surface area contributed by atoms with E-state index in [0.717, 1.165) is 6.42 Å². The summed E-state index contributed by atoms with van der Waals surface area (Å²) in [7, 11) is 0. The SMILES string of the molecule is [CH3][Zr+2]([CH3])=[CH]c1cccc2c1C(C1=CC=CC1)c1ccccc1-2.[Cl-].[Cl-]. The Labute approximate surface area is 164 Å². The molecule has 0 aromatic heterocycles. The van der Waals surface area contributed by atoms with Gasteiger partial charge in [-0.15, -0.1) is 0 Å².